The monoisotopic (exact) mass is 251 g/mol. The molecule has 1 nitrogen and oxygen atoms in total. The number of hydrogen-bond donors (Lipinski definition) is 1. The van der Waals surface area contributed by atoms with Crippen LogP contribution in [0.2, 0.25) is 0 Å². The van der Waals surface area contributed by atoms with Crippen molar-refractivity contribution in [3.63, 3.8) is 0 Å². The smallest absolute Gasteiger partial charge is 0.0102 e. The molecule has 98 valence electrons. The van der Waals surface area contributed by atoms with Gasteiger partial charge in [0.05, 0.1) is 0 Å². The maximum atomic E-state index is 3.59. The molecule has 1 unspecified atom stereocenters. The van der Waals surface area contributed by atoms with Crippen molar-refractivity contribution < 1.29 is 0 Å². The van der Waals surface area contributed by atoms with E-state index in [1.54, 1.807) is 0 Å². The summed E-state index contributed by atoms with van der Waals surface area (Å²) in [6, 6.07) is 15.8. The first-order valence-corrected chi connectivity index (χ1v) is 7.31. The highest BCUT2D eigenvalue weighted by Gasteiger charge is 2.09. The largest absolute Gasteiger partial charge is 0.314 e. The van der Waals surface area contributed by atoms with Crippen molar-refractivity contribution in [1.82, 2.24) is 5.32 Å². The lowest BCUT2D eigenvalue weighted by atomic mass is 10.0. The van der Waals surface area contributed by atoms with Gasteiger partial charge in [-0.25, -0.2) is 0 Å². The number of nitrogens with one attached hydrogen (secondary N) is 1. The minimum Gasteiger partial charge on any atom is -0.314 e. The van der Waals surface area contributed by atoms with Gasteiger partial charge in [-0.15, -0.1) is 0 Å². The van der Waals surface area contributed by atoms with Crippen LogP contribution in [0, 0.1) is 0 Å². The highest BCUT2D eigenvalue weighted by atomic mass is 14.9. The van der Waals surface area contributed by atoms with Crippen LogP contribution in [0.3, 0.4) is 0 Å². The van der Waals surface area contributed by atoms with Gasteiger partial charge in [0.15, 0.2) is 0 Å². The number of hydrogen-bond acceptors (Lipinski definition) is 1. The summed E-state index contributed by atoms with van der Waals surface area (Å²) in [4.78, 5) is 0. The topological polar surface area (TPSA) is 12.0 Å². The third kappa shape index (κ3) is 3.05. The molecule has 0 bridgehead atoms. The Balaban J connectivity index is 1.73. The fourth-order valence-corrected chi connectivity index (χ4v) is 2.88. The van der Waals surface area contributed by atoms with Gasteiger partial charge in [0, 0.05) is 6.04 Å². The van der Waals surface area contributed by atoms with Crippen molar-refractivity contribution >= 4 is 16.8 Å². The van der Waals surface area contributed by atoms with Gasteiger partial charge in [-0.05, 0) is 42.1 Å². The minimum atomic E-state index is 0.681. The summed E-state index contributed by atoms with van der Waals surface area (Å²) in [6.45, 7) is 1.19. The maximum absolute atomic E-state index is 3.59. The lowest BCUT2D eigenvalue weighted by Gasteiger charge is -2.21. The van der Waals surface area contributed by atoms with E-state index >= 15 is 0 Å². The molecule has 0 aromatic heterocycles. The molecule has 2 aromatic rings. The van der Waals surface area contributed by atoms with Crippen LogP contribution >= 0.6 is 0 Å². The number of benzene rings is 2. The summed E-state index contributed by atoms with van der Waals surface area (Å²) >= 11 is 0. The van der Waals surface area contributed by atoms with Crippen LogP contribution in [0.15, 0.2) is 48.5 Å². The summed E-state index contributed by atoms with van der Waals surface area (Å²) < 4.78 is 0. The van der Waals surface area contributed by atoms with Crippen molar-refractivity contribution in [2.24, 2.45) is 0 Å². The zero-order chi connectivity index (χ0) is 12.9. The van der Waals surface area contributed by atoms with Crippen molar-refractivity contribution in [1.29, 1.82) is 0 Å². The molecule has 1 atom stereocenters. The first-order chi connectivity index (χ1) is 9.43. The molecule has 0 radical (unpaired) electrons. The molecular formula is C18H21N. The van der Waals surface area contributed by atoms with Crippen LogP contribution < -0.4 is 5.32 Å². The van der Waals surface area contributed by atoms with Crippen LogP contribution in [0.5, 0.6) is 0 Å². The van der Waals surface area contributed by atoms with Crippen LogP contribution in [-0.2, 0) is 0 Å². The SMILES string of the molecule is C(=Cc1cccc2ccccc12)CC1CCCCN1. The second-order valence-electron chi connectivity index (χ2n) is 5.35. The van der Waals surface area contributed by atoms with Crippen LogP contribution in [0.4, 0.5) is 0 Å². The fourth-order valence-electron chi connectivity index (χ4n) is 2.88. The second-order valence-corrected chi connectivity index (χ2v) is 5.35. The molecule has 1 fully saturated rings. The summed E-state index contributed by atoms with van der Waals surface area (Å²) in [5.74, 6) is 0. The third-order valence-electron chi connectivity index (χ3n) is 3.95. The molecule has 0 spiro atoms. The van der Waals surface area contributed by atoms with Crippen molar-refractivity contribution in [3.05, 3.63) is 54.1 Å². The molecular weight excluding hydrogens is 230 g/mol. The quantitative estimate of drug-likeness (QED) is 0.853. The highest BCUT2D eigenvalue weighted by Crippen LogP contribution is 2.20. The van der Waals surface area contributed by atoms with Crippen LogP contribution in [-0.4, -0.2) is 12.6 Å². The molecule has 1 saturated heterocycles. The maximum Gasteiger partial charge on any atom is 0.0102 e. The highest BCUT2D eigenvalue weighted by molar-refractivity contribution is 5.90. The fraction of sp³-hybridized carbons (Fsp3) is 0.333. The van der Waals surface area contributed by atoms with Gasteiger partial charge >= 0.3 is 0 Å². The van der Waals surface area contributed by atoms with E-state index in [1.807, 2.05) is 0 Å². The average Bonchev–Trinajstić information content (AvgIpc) is 2.49. The van der Waals surface area contributed by atoms with E-state index in [4.69, 9.17) is 0 Å². The molecule has 1 aliphatic rings. The average molecular weight is 251 g/mol. The predicted molar refractivity (Wildman–Crippen MR) is 83.2 cm³/mol. The van der Waals surface area contributed by atoms with E-state index in [1.165, 1.54) is 42.1 Å². The van der Waals surface area contributed by atoms with Crippen LogP contribution in [0.25, 0.3) is 16.8 Å². The van der Waals surface area contributed by atoms with Gasteiger partial charge in [-0.1, -0.05) is 61.0 Å². The second kappa shape index (κ2) is 6.03. The predicted octanol–water partition coefficient (Wildman–Crippen LogP) is 4.39. The summed E-state index contributed by atoms with van der Waals surface area (Å²) in [5, 5.41) is 6.26. The van der Waals surface area contributed by atoms with E-state index in [2.05, 4.69) is 59.9 Å². The Kier molecular flexibility index (Phi) is 3.95. The Morgan fingerprint density at radius 1 is 1.05 bits per heavy atom. The summed E-state index contributed by atoms with van der Waals surface area (Å²) in [5.41, 5.74) is 1.33. The van der Waals surface area contributed by atoms with Crippen LogP contribution in [0.1, 0.15) is 31.2 Å². The number of piperidine rings is 1. The third-order valence-corrected chi connectivity index (χ3v) is 3.95. The normalized spacial score (nSPS) is 20.1. The Labute approximate surface area is 115 Å². The summed E-state index contributed by atoms with van der Waals surface area (Å²) in [7, 11) is 0. The Morgan fingerprint density at radius 3 is 2.84 bits per heavy atom. The molecule has 1 aliphatic heterocycles. The Hall–Kier alpha value is -1.60. The van der Waals surface area contributed by atoms with E-state index in [-0.39, 0.29) is 0 Å². The first-order valence-electron chi connectivity index (χ1n) is 7.31. The van der Waals surface area contributed by atoms with Gasteiger partial charge in [-0.2, -0.15) is 0 Å². The molecule has 1 heterocycles. The molecule has 1 N–H and O–H groups in total. The molecule has 3 rings (SSSR count). The van der Waals surface area contributed by atoms with E-state index in [0.29, 0.717) is 6.04 Å². The van der Waals surface area contributed by atoms with Crippen molar-refractivity contribution in [2.75, 3.05) is 6.54 Å². The van der Waals surface area contributed by atoms with E-state index < -0.39 is 0 Å². The minimum absolute atomic E-state index is 0.681. The van der Waals surface area contributed by atoms with Gasteiger partial charge in [0.25, 0.3) is 0 Å². The Bertz CT molecular complexity index is 559. The van der Waals surface area contributed by atoms with Crippen molar-refractivity contribution in [3.8, 4) is 0 Å². The zero-order valence-electron chi connectivity index (χ0n) is 11.3. The number of fused-ring (bicyclic) bond motifs is 1. The summed E-state index contributed by atoms with van der Waals surface area (Å²) in [6.07, 6.45) is 9.77. The lowest BCUT2D eigenvalue weighted by Crippen LogP contribution is -2.33. The van der Waals surface area contributed by atoms with E-state index in [9.17, 15) is 0 Å². The van der Waals surface area contributed by atoms with Gasteiger partial charge < -0.3 is 5.32 Å². The Morgan fingerprint density at radius 2 is 1.95 bits per heavy atom. The molecule has 1 heteroatoms. The van der Waals surface area contributed by atoms with E-state index in [0.717, 1.165) is 6.42 Å². The lowest BCUT2D eigenvalue weighted by molar-refractivity contribution is 0.404. The first kappa shape index (κ1) is 12.4. The van der Waals surface area contributed by atoms with Gasteiger partial charge in [0.2, 0.25) is 0 Å². The van der Waals surface area contributed by atoms with Crippen molar-refractivity contribution in [2.45, 2.75) is 31.7 Å². The molecule has 19 heavy (non-hydrogen) atoms. The molecule has 0 saturated carbocycles. The van der Waals surface area contributed by atoms with Gasteiger partial charge in [-0.3, -0.25) is 0 Å². The molecule has 0 aliphatic carbocycles. The number of rotatable bonds is 3. The van der Waals surface area contributed by atoms with Gasteiger partial charge in [0.1, 0.15) is 0 Å². The standard InChI is InChI=1S/C18H21N/c1-2-13-18-15(7-1)8-5-9-16(18)10-6-12-17-11-3-4-14-19-17/h1-2,5-10,13,17,19H,3-4,11-12,14H2. The zero-order valence-corrected chi connectivity index (χ0v) is 11.3. The molecule has 0 amide bonds. The molecule has 2 aromatic carbocycles.